The molecule has 5 amide bonds. The quantitative estimate of drug-likeness (QED) is 0.752. The summed E-state index contributed by atoms with van der Waals surface area (Å²) in [5.41, 5.74) is 7.31. The Morgan fingerprint density at radius 1 is 1.07 bits per heavy atom. The lowest BCUT2D eigenvalue weighted by Gasteiger charge is -2.32. The van der Waals surface area contributed by atoms with Gasteiger partial charge in [0.1, 0.15) is 6.04 Å². The Bertz CT molecular complexity index is 791. The Labute approximate surface area is 157 Å². The van der Waals surface area contributed by atoms with Crippen LogP contribution in [0.5, 0.6) is 0 Å². The zero-order chi connectivity index (χ0) is 19.9. The second-order valence-electron chi connectivity index (χ2n) is 6.92. The van der Waals surface area contributed by atoms with Crippen LogP contribution in [0.3, 0.4) is 0 Å². The molecule has 3 N–H and O–H groups in total. The van der Waals surface area contributed by atoms with E-state index in [0.29, 0.717) is 12.1 Å². The number of benzene rings is 1. The predicted molar refractivity (Wildman–Crippen MR) is 97.2 cm³/mol. The van der Waals surface area contributed by atoms with Crippen molar-refractivity contribution >= 4 is 23.8 Å². The molecular formula is C19H24N4O4. The summed E-state index contributed by atoms with van der Waals surface area (Å²) in [4.78, 5) is 53.3. The van der Waals surface area contributed by atoms with Crippen molar-refractivity contribution in [2.45, 2.75) is 32.9 Å². The van der Waals surface area contributed by atoms with E-state index in [4.69, 9.17) is 5.73 Å². The number of hydrogen-bond acceptors (Lipinski definition) is 4. The minimum absolute atomic E-state index is 0.220. The lowest BCUT2D eigenvalue weighted by atomic mass is 9.86. The normalized spacial score (nSPS) is 27.1. The number of nitrogens with two attached hydrogens (primary N) is 1. The van der Waals surface area contributed by atoms with Crippen LogP contribution >= 0.6 is 0 Å². The van der Waals surface area contributed by atoms with Crippen molar-refractivity contribution in [3.8, 4) is 0 Å². The SMILES string of the molecule is CCNC(=O)N1C(C(N)=O)C2C(=O)N(CC)C(=O)C2C1c1ccc(C)cc1. The Balaban J connectivity index is 2.16. The number of urea groups is 1. The van der Waals surface area contributed by atoms with Crippen molar-refractivity contribution in [3.05, 3.63) is 35.4 Å². The van der Waals surface area contributed by atoms with Crippen LogP contribution < -0.4 is 11.1 Å². The second kappa shape index (κ2) is 7.02. The Morgan fingerprint density at radius 2 is 1.67 bits per heavy atom. The van der Waals surface area contributed by atoms with E-state index in [9.17, 15) is 19.2 Å². The fourth-order valence-electron chi connectivity index (χ4n) is 4.21. The molecule has 2 fully saturated rings. The summed E-state index contributed by atoms with van der Waals surface area (Å²) in [6.45, 7) is 5.96. The first-order valence-corrected chi connectivity index (χ1v) is 9.10. The van der Waals surface area contributed by atoms with Gasteiger partial charge in [-0.3, -0.25) is 19.3 Å². The molecule has 0 radical (unpaired) electrons. The topological polar surface area (TPSA) is 113 Å². The van der Waals surface area contributed by atoms with Crippen LogP contribution in [-0.2, 0) is 14.4 Å². The maximum absolute atomic E-state index is 13.0. The summed E-state index contributed by atoms with van der Waals surface area (Å²) in [6.07, 6.45) is 0. The molecular weight excluding hydrogens is 348 g/mol. The summed E-state index contributed by atoms with van der Waals surface area (Å²) in [5, 5.41) is 2.67. The minimum atomic E-state index is -1.17. The summed E-state index contributed by atoms with van der Waals surface area (Å²) in [6, 6.07) is 4.98. The number of amides is 5. The number of aryl methyl sites for hydroxylation is 1. The number of fused-ring (bicyclic) bond motifs is 1. The van der Waals surface area contributed by atoms with Crippen molar-refractivity contribution in [2.75, 3.05) is 13.1 Å². The highest BCUT2D eigenvalue weighted by molar-refractivity contribution is 6.09. The number of hydrogen-bond donors (Lipinski definition) is 2. The van der Waals surface area contributed by atoms with Gasteiger partial charge in [-0.25, -0.2) is 4.79 Å². The van der Waals surface area contributed by atoms with Crippen LogP contribution in [-0.4, -0.2) is 52.7 Å². The molecule has 3 rings (SSSR count). The zero-order valence-corrected chi connectivity index (χ0v) is 15.6. The molecule has 2 heterocycles. The van der Waals surface area contributed by atoms with Gasteiger partial charge in [-0.05, 0) is 26.3 Å². The molecule has 0 bridgehead atoms. The van der Waals surface area contributed by atoms with Crippen molar-refractivity contribution in [2.24, 2.45) is 17.6 Å². The first-order valence-electron chi connectivity index (χ1n) is 9.10. The molecule has 1 aromatic rings. The summed E-state index contributed by atoms with van der Waals surface area (Å²) in [5.74, 6) is -3.37. The minimum Gasteiger partial charge on any atom is -0.368 e. The molecule has 27 heavy (non-hydrogen) atoms. The molecule has 0 aromatic heterocycles. The van der Waals surface area contributed by atoms with E-state index in [1.165, 1.54) is 4.90 Å². The summed E-state index contributed by atoms with van der Waals surface area (Å²) < 4.78 is 0. The predicted octanol–water partition coefficient (Wildman–Crippen LogP) is 0.556. The van der Waals surface area contributed by atoms with Gasteiger partial charge in [0, 0.05) is 13.1 Å². The second-order valence-corrected chi connectivity index (χ2v) is 6.92. The van der Waals surface area contributed by atoms with Crippen molar-refractivity contribution in [1.82, 2.24) is 15.1 Å². The van der Waals surface area contributed by atoms with Gasteiger partial charge < -0.3 is 16.0 Å². The van der Waals surface area contributed by atoms with E-state index in [2.05, 4.69) is 5.32 Å². The van der Waals surface area contributed by atoms with E-state index in [-0.39, 0.29) is 12.5 Å². The van der Waals surface area contributed by atoms with Gasteiger partial charge in [0.2, 0.25) is 17.7 Å². The summed E-state index contributed by atoms with van der Waals surface area (Å²) in [7, 11) is 0. The molecule has 0 spiro atoms. The fraction of sp³-hybridized carbons (Fsp3) is 0.474. The smallest absolute Gasteiger partial charge is 0.318 e. The van der Waals surface area contributed by atoms with E-state index >= 15 is 0 Å². The first kappa shape index (κ1) is 18.9. The standard InChI is InChI=1S/C19H24N4O4/c1-4-21-19(27)23-14(11-8-6-10(3)7-9-11)12-13(15(23)16(20)24)18(26)22(5-2)17(12)25/h6-9,12-15H,4-5H2,1-3H3,(H2,20,24)(H,21,27). The average molecular weight is 372 g/mol. The number of nitrogens with one attached hydrogen (secondary N) is 1. The molecule has 2 aliphatic rings. The first-order chi connectivity index (χ1) is 12.8. The number of nitrogens with zero attached hydrogens (tertiary/aromatic N) is 2. The molecule has 2 aliphatic heterocycles. The molecule has 0 aliphatic carbocycles. The highest BCUT2D eigenvalue weighted by Crippen LogP contribution is 2.49. The molecule has 4 unspecified atom stereocenters. The van der Waals surface area contributed by atoms with Gasteiger partial charge in [-0.1, -0.05) is 29.8 Å². The third kappa shape index (κ3) is 2.85. The van der Waals surface area contributed by atoms with Gasteiger partial charge in [0.05, 0.1) is 17.9 Å². The zero-order valence-electron chi connectivity index (χ0n) is 15.6. The third-order valence-corrected chi connectivity index (χ3v) is 5.36. The molecule has 1 aromatic carbocycles. The number of carbonyl (C=O) groups is 4. The van der Waals surface area contributed by atoms with Crippen LogP contribution in [0.15, 0.2) is 24.3 Å². The highest BCUT2D eigenvalue weighted by Gasteiger charge is 2.64. The molecule has 2 saturated heterocycles. The summed E-state index contributed by atoms with van der Waals surface area (Å²) >= 11 is 0. The third-order valence-electron chi connectivity index (χ3n) is 5.36. The van der Waals surface area contributed by atoms with Gasteiger partial charge >= 0.3 is 6.03 Å². The molecule has 144 valence electrons. The molecule has 4 atom stereocenters. The lowest BCUT2D eigenvalue weighted by molar-refractivity contribution is -0.142. The molecule has 8 nitrogen and oxygen atoms in total. The Hall–Kier alpha value is -2.90. The van der Waals surface area contributed by atoms with Crippen LogP contribution in [0.25, 0.3) is 0 Å². The Morgan fingerprint density at radius 3 is 2.19 bits per heavy atom. The molecule has 0 saturated carbocycles. The fourth-order valence-corrected chi connectivity index (χ4v) is 4.21. The van der Waals surface area contributed by atoms with Gasteiger partial charge in [0.15, 0.2) is 0 Å². The van der Waals surface area contributed by atoms with Crippen molar-refractivity contribution in [3.63, 3.8) is 0 Å². The number of primary amides is 1. The van der Waals surface area contributed by atoms with Crippen LogP contribution in [0.2, 0.25) is 0 Å². The number of carbonyl (C=O) groups excluding carboxylic acids is 4. The van der Waals surface area contributed by atoms with Crippen molar-refractivity contribution < 1.29 is 19.2 Å². The van der Waals surface area contributed by atoms with E-state index in [0.717, 1.165) is 10.5 Å². The van der Waals surface area contributed by atoms with Crippen LogP contribution in [0, 0.1) is 18.8 Å². The van der Waals surface area contributed by atoms with Gasteiger partial charge in [-0.15, -0.1) is 0 Å². The van der Waals surface area contributed by atoms with Crippen molar-refractivity contribution in [1.29, 1.82) is 0 Å². The molecule has 8 heteroatoms. The number of likely N-dealkylation sites (tertiary alicyclic amines) is 2. The lowest BCUT2D eigenvalue weighted by Crippen LogP contribution is -2.53. The van der Waals surface area contributed by atoms with E-state index in [1.807, 2.05) is 31.2 Å². The number of imide groups is 1. The van der Waals surface area contributed by atoms with Gasteiger partial charge in [-0.2, -0.15) is 0 Å². The monoisotopic (exact) mass is 372 g/mol. The van der Waals surface area contributed by atoms with Crippen LogP contribution in [0.4, 0.5) is 4.79 Å². The average Bonchev–Trinajstić information content (AvgIpc) is 3.09. The van der Waals surface area contributed by atoms with E-state index < -0.39 is 41.8 Å². The van der Waals surface area contributed by atoms with Crippen LogP contribution in [0.1, 0.15) is 31.0 Å². The maximum atomic E-state index is 13.0. The maximum Gasteiger partial charge on any atom is 0.318 e. The van der Waals surface area contributed by atoms with Gasteiger partial charge in [0.25, 0.3) is 0 Å². The Kier molecular flexibility index (Phi) is 4.91. The van der Waals surface area contributed by atoms with E-state index in [1.54, 1.807) is 13.8 Å². The number of rotatable bonds is 4. The highest BCUT2D eigenvalue weighted by atomic mass is 16.2. The largest absolute Gasteiger partial charge is 0.368 e.